The highest BCUT2D eigenvalue weighted by Crippen LogP contribution is 2.32. The van der Waals surface area contributed by atoms with Crippen LogP contribution in [0, 0.1) is 5.92 Å². The molecule has 1 fully saturated rings. The summed E-state index contributed by atoms with van der Waals surface area (Å²) in [6.07, 6.45) is 10.7. The molecule has 1 saturated carbocycles. The first-order chi connectivity index (χ1) is 8.72. The quantitative estimate of drug-likeness (QED) is 0.840. The van der Waals surface area contributed by atoms with E-state index in [0.717, 1.165) is 23.1 Å². The van der Waals surface area contributed by atoms with Crippen molar-refractivity contribution in [3.8, 4) is 0 Å². The average molecular weight is 265 g/mol. The van der Waals surface area contributed by atoms with Gasteiger partial charge in [0, 0.05) is 29.8 Å². The highest BCUT2D eigenvalue weighted by atomic mass is 35.5. The van der Waals surface area contributed by atoms with E-state index in [1.54, 1.807) is 0 Å². The Morgan fingerprint density at radius 3 is 3.00 bits per heavy atom. The summed E-state index contributed by atoms with van der Waals surface area (Å²) in [6, 6.07) is 0. The molecule has 1 aromatic rings. The van der Waals surface area contributed by atoms with Crippen LogP contribution in [0.2, 0.25) is 0 Å². The normalized spacial score (nSPS) is 24.8. The van der Waals surface area contributed by atoms with E-state index in [-0.39, 0.29) is 11.7 Å². The summed E-state index contributed by atoms with van der Waals surface area (Å²) >= 11 is 6.03. The highest BCUT2D eigenvalue weighted by Gasteiger charge is 2.26. The maximum Gasteiger partial charge on any atom is 0.144 e. The molecule has 1 heterocycles. The fourth-order valence-corrected chi connectivity index (χ4v) is 2.88. The maximum absolute atomic E-state index is 11.9. The largest absolute Gasteiger partial charge is 0.299 e. The van der Waals surface area contributed by atoms with E-state index in [9.17, 15) is 4.79 Å². The smallest absolute Gasteiger partial charge is 0.144 e. The number of hydrogen-bond acceptors (Lipinski definition) is 2. The van der Waals surface area contributed by atoms with Crippen molar-refractivity contribution in [2.45, 2.75) is 44.6 Å². The van der Waals surface area contributed by atoms with E-state index < -0.39 is 0 Å². The Kier molecular flexibility index (Phi) is 3.25. The van der Waals surface area contributed by atoms with E-state index in [2.05, 4.69) is 5.10 Å². The number of carbonyl (C=O) groups excluding carboxylic acids is 1. The number of allylic oxidation sites excluding steroid dienone is 2. The highest BCUT2D eigenvalue weighted by molar-refractivity contribution is 6.30. The molecule has 3 rings (SSSR count). The Hall–Kier alpha value is -1.09. The first-order valence-electron chi connectivity index (χ1n) is 6.62. The summed E-state index contributed by atoms with van der Waals surface area (Å²) in [7, 11) is 0. The Labute approximate surface area is 112 Å². The lowest BCUT2D eigenvalue weighted by Crippen LogP contribution is -2.18. The lowest BCUT2D eigenvalue weighted by atomic mass is 9.85. The molecule has 18 heavy (non-hydrogen) atoms. The van der Waals surface area contributed by atoms with Crippen molar-refractivity contribution >= 4 is 17.4 Å². The van der Waals surface area contributed by atoms with E-state index in [1.807, 2.05) is 23.2 Å². The van der Waals surface area contributed by atoms with Crippen LogP contribution in [0.3, 0.4) is 0 Å². The molecule has 1 unspecified atom stereocenters. The molecule has 4 heteroatoms. The molecular formula is C14H17ClN2O. The minimum Gasteiger partial charge on any atom is -0.299 e. The molecule has 0 radical (unpaired) electrons. The van der Waals surface area contributed by atoms with Gasteiger partial charge in [0.15, 0.2) is 0 Å². The van der Waals surface area contributed by atoms with Crippen LogP contribution in [0.4, 0.5) is 0 Å². The molecule has 3 nitrogen and oxygen atoms in total. The second-order valence-corrected chi connectivity index (χ2v) is 5.86. The zero-order chi connectivity index (χ0) is 12.5. The monoisotopic (exact) mass is 264 g/mol. The summed E-state index contributed by atoms with van der Waals surface area (Å²) in [5.74, 6) is 0.948. The molecule has 0 N–H and O–H groups in total. The van der Waals surface area contributed by atoms with Crippen molar-refractivity contribution in [3.63, 3.8) is 0 Å². The van der Waals surface area contributed by atoms with Crippen LogP contribution in [-0.2, 0) is 11.3 Å². The topological polar surface area (TPSA) is 34.9 Å². The Morgan fingerprint density at radius 2 is 2.28 bits per heavy atom. The maximum atomic E-state index is 11.9. The van der Waals surface area contributed by atoms with Crippen LogP contribution in [0.25, 0.3) is 0 Å². The third kappa shape index (κ3) is 2.37. The molecule has 0 aliphatic heterocycles. The van der Waals surface area contributed by atoms with Crippen molar-refractivity contribution in [1.29, 1.82) is 0 Å². The first kappa shape index (κ1) is 12.0. The molecule has 0 bridgehead atoms. The fourth-order valence-electron chi connectivity index (χ4n) is 2.65. The zero-order valence-corrected chi connectivity index (χ0v) is 11.1. The third-order valence-corrected chi connectivity index (χ3v) is 4.35. The number of halogens is 1. The lowest BCUT2D eigenvalue weighted by Gasteiger charge is -2.24. The summed E-state index contributed by atoms with van der Waals surface area (Å²) in [5, 5.41) is 5.17. The molecular weight excluding hydrogens is 248 g/mol. The van der Waals surface area contributed by atoms with Gasteiger partial charge in [0.25, 0.3) is 0 Å². The molecule has 0 amide bonds. The van der Waals surface area contributed by atoms with E-state index in [0.29, 0.717) is 12.8 Å². The Balaban J connectivity index is 1.71. The van der Waals surface area contributed by atoms with Gasteiger partial charge in [-0.25, -0.2) is 0 Å². The van der Waals surface area contributed by atoms with E-state index in [1.165, 1.54) is 19.3 Å². The Morgan fingerprint density at radius 1 is 1.44 bits per heavy atom. The molecule has 0 aromatic carbocycles. The van der Waals surface area contributed by atoms with Gasteiger partial charge in [-0.2, -0.15) is 5.10 Å². The number of rotatable bonds is 3. The molecule has 1 aromatic heterocycles. The minimum atomic E-state index is -0.0855. The van der Waals surface area contributed by atoms with Crippen LogP contribution in [-0.4, -0.2) is 15.6 Å². The van der Waals surface area contributed by atoms with Gasteiger partial charge < -0.3 is 0 Å². The van der Waals surface area contributed by atoms with Gasteiger partial charge in [-0.05, 0) is 25.2 Å². The second kappa shape index (κ2) is 4.88. The predicted octanol–water partition coefficient (Wildman–Crippen LogP) is 3.25. The molecule has 96 valence electrons. The van der Waals surface area contributed by atoms with E-state index in [4.69, 9.17) is 11.6 Å². The molecule has 0 saturated heterocycles. The van der Waals surface area contributed by atoms with Gasteiger partial charge in [-0.3, -0.25) is 9.48 Å². The van der Waals surface area contributed by atoms with Crippen molar-refractivity contribution < 1.29 is 4.79 Å². The van der Waals surface area contributed by atoms with Gasteiger partial charge in [0.1, 0.15) is 5.78 Å². The fraction of sp³-hybridized carbons (Fsp3) is 0.571. The molecule has 1 atom stereocenters. The summed E-state index contributed by atoms with van der Waals surface area (Å²) in [4.78, 5) is 11.9. The molecule has 0 spiro atoms. The zero-order valence-electron chi connectivity index (χ0n) is 10.3. The number of ketones is 1. The summed E-state index contributed by atoms with van der Waals surface area (Å²) in [5.41, 5.74) is 1.02. The number of carbonyl (C=O) groups is 1. The van der Waals surface area contributed by atoms with Gasteiger partial charge in [-0.15, -0.1) is 0 Å². The van der Waals surface area contributed by atoms with Gasteiger partial charge >= 0.3 is 0 Å². The minimum absolute atomic E-state index is 0.0855. The first-order valence-corrected chi connectivity index (χ1v) is 7.00. The SMILES string of the molecule is O=C1CC=C(Cl)CC1c1cnn(CC2CCC2)c1. The van der Waals surface area contributed by atoms with Crippen molar-refractivity contribution in [2.75, 3.05) is 0 Å². The number of nitrogens with zero attached hydrogens (tertiary/aromatic N) is 2. The lowest BCUT2D eigenvalue weighted by molar-refractivity contribution is -0.119. The number of hydrogen-bond donors (Lipinski definition) is 0. The molecule has 2 aliphatic carbocycles. The summed E-state index contributed by atoms with van der Waals surface area (Å²) in [6.45, 7) is 0.991. The van der Waals surface area contributed by atoms with Gasteiger partial charge in [0.05, 0.1) is 12.1 Å². The van der Waals surface area contributed by atoms with Gasteiger partial charge in [0.2, 0.25) is 0 Å². The standard InChI is InChI=1S/C14H17ClN2O/c15-12-4-5-14(18)13(6-12)11-7-16-17(9-11)8-10-2-1-3-10/h4,7,9-10,13H,1-3,5-6,8H2. The number of aromatic nitrogens is 2. The molecule has 2 aliphatic rings. The van der Waals surface area contributed by atoms with Crippen LogP contribution in [0.5, 0.6) is 0 Å². The summed E-state index contributed by atoms with van der Waals surface area (Å²) < 4.78 is 1.98. The average Bonchev–Trinajstić information content (AvgIpc) is 2.75. The van der Waals surface area contributed by atoms with Gasteiger partial charge in [-0.1, -0.05) is 24.1 Å². The Bertz CT molecular complexity index is 488. The predicted molar refractivity (Wildman–Crippen MR) is 70.5 cm³/mol. The van der Waals surface area contributed by atoms with Crippen LogP contribution < -0.4 is 0 Å². The van der Waals surface area contributed by atoms with Crippen LogP contribution in [0.15, 0.2) is 23.5 Å². The van der Waals surface area contributed by atoms with Crippen molar-refractivity contribution in [2.24, 2.45) is 5.92 Å². The van der Waals surface area contributed by atoms with E-state index >= 15 is 0 Å². The van der Waals surface area contributed by atoms with Crippen LogP contribution in [0.1, 0.15) is 43.6 Å². The van der Waals surface area contributed by atoms with Crippen molar-refractivity contribution in [3.05, 3.63) is 29.1 Å². The van der Waals surface area contributed by atoms with Crippen molar-refractivity contribution in [1.82, 2.24) is 9.78 Å². The number of Topliss-reactive ketones (excluding diaryl/α,β-unsaturated/α-hetero) is 1. The van der Waals surface area contributed by atoms with Crippen LogP contribution >= 0.6 is 11.6 Å². The third-order valence-electron chi connectivity index (χ3n) is 4.04. The second-order valence-electron chi connectivity index (χ2n) is 5.37.